The molecule has 35 heavy (non-hydrogen) atoms. The minimum atomic E-state index is -3.78. The van der Waals surface area contributed by atoms with Crippen molar-refractivity contribution in [2.24, 2.45) is 10.9 Å². The molecule has 10 heteroatoms. The van der Waals surface area contributed by atoms with Gasteiger partial charge in [-0.3, -0.25) is 4.98 Å². The molecule has 1 aliphatic heterocycles. The molecule has 4 rings (SSSR count). The molecule has 0 amide bonds. The second kappa shape index (κ2) is 10.3. The fourth-order valence-corrected chi connectivity index (χ4v) is 7.03. The zero-order valence-corrected chi connectivity index (χ0v) is 21.0. The number of carboxylic acid groups (broad SMARTS) is 1. The fraction of sp³-hybridized carbons (Fsp3) is 0.480. The monoisotopic (exact) mass is 501 g/mol. The zero-order valence-electron chi connectivity index (χ0n) is 20.2. The van der Waals surface area contributed by atoms with Crippen LogP contribution in [0.15, 0.2) is 46.5 Å². The lowest BCUT2D eigenvalue weighted by atomic mass is 9.79. The van der Waals surface area contributed by atoms with Gasteiger partial charge in [0.05, 0.1) is 17.8 Å². The highest BCUT2D eigenvalue weighted by Gasteiger charge is 2.38. The van der Waals surface area contributed by atoms with Gasteiger partial charge in [0.15, 0.2) is 16.0 Å². The van der Waals surface area contributed by atoms with E-state index in [1.807, 2.05) is 24.5 Å². The first-order valence-corrected chi connectivity index (χ1v) is 13.4. The largest absolute Gasteiger partial charge is 0.497 e. The second-order valence-corrected chi connectivity index (χ2v) is 11.3. The Morgan fingerprint density at radius 3 is 2.34 bits per heavy atom. The standard InChI is InChI=1S/C25H31N3O6S/c1-16-12-21(33-3)13-17(2)23(16)35(31,32)15-22-27-24(25(29)30)34-28(22)14-18-4-6-19(7-5-18)20-8-10-26-11-9-20/h8-13,18-19,22H,4-7,14-15H2,1-3H3,(H,29,30). The van der Waals surface area contributed by atoms with Crippen LogP contribution in [0, 0.1) is 19.8 Å². The predicted octanol–water partition coefficient (Wildman–Crippen LogP) is 3.51. The van der Waals surface area contributed by atoms with Crippen LogP contribution in [0.3, 0.4) is 0 Å². The molecule has 1 atom stereocenters. The van der Waals surface area contributed by atoms with Gasteiger partial charge in [-0.05, 0) is 92.3 Å². The number of rotatable bonds is 8. The van der Waals surface area contributed by atoms with Gasteiger partial charge < -0.3 is 14.7 Å². The van der Waals surface area contributed by atoms with Crippen molar-refractivity contribution in [1.29, 1.82) is 0 Å². The molecule has 1 fully saturated rings. The van der Waals surface area contributed by atoms with Crippen LogP contribution in [0.5, 0.6) is 5.75 Å². The van der Waals surface area contributed by atoms with E-state index in [0.717, 1.165) is 25.7 Å². The van der Waals surface area contributed by atoms with Crippen LogP contribution in [0.4, 0.5) is 0 Å². The quantitative estimate of drug-likeness (QED) is 0.584. The molecule has 1 aromatic carbocycles. The molecule has 2 heterocycles. The Hall–Kier alpha value is -2.98. The highest BCUT2D eigenvalue weighted by atomic mass is 32.2. The maximum absolute atomic E-state index is 13.4. The molecule has 0 saturated heterocycles. The number of sulfone groups is 1. The molecule has 9 nitrogen and oxygen atoms in total. The van der Waals surface area contributed by atoms with Crippen molar-refractivity contribution < 1.29 is 27.9 Å². The molecule has 0 radical (unpaired) electrons. The number of methoxy groups -OCH3 is 1. The number of ether oxygens (including phenoxy) is 1. The van der Waals surface area contributed by atoms with E-state index in [0.29, 0.717) is 29.3 Å². The first-order valence-electron chi connectivity index (χ1n) is 11.7. The van der Waals surface area contributed by atoms with E-state index in [1.54, 1.807) is 26.0 Å². The number of carbonyl (C=O) groups is 1. The number of aliphatic carboxylic acids is 1. The Morgan fingerprint density at radius 2 is 1.77 bits per heavy atom. The van der Waals surface area contributed by atoms with Crippen LogP contribution >= 0.6 is 0 Å². The van der Waals surface area contributed by atoms with Gasteiger partial charge in [0.1, 0.15) is 5.75 Å². The van der Waals surface area contributed by atoms with Gasteiger partial charge in [-0.1, -0.05) is 0 Å². The molecule has 0 spiro atoms. The lowest BCUT2D eigenvalue weighted by Crippen LogP contribution is -2.39. The average Bonchev–Trinajstić information content (AvgIpc) is 3.21. The van der Waals surface area contributed by atoms with Crippen molar-refractivity contribution >= 4 is 21.7 Å². The maximum Gasteiger partial charge on any atom is 0.393 e. The summed E-state index contributed by atoms with van der Waals surface area (Å²) in [5, 5.41) is 10.9. The molecule has 1 aromatic heterocycles. The van der Waals surface area contributed by atoms with Gasteiger partial charge in [-0.2, -0.15) is 0 Å². The minimum Gasteiger partial charge on any atom is -0.497 e. The van der Waals surface area contributed by atoms with Crippen molar-refractivity contribution in [2.75, 3.05) is 19.4 Å². The Balaban J connectivity index is 1.47. The molecule has 1 N–H and O–H groups in total. The number of benzene rings is 1. The van der Waals surface area contributed by atoms with E-state index in [2.05, 4.69) is 9.98 Å². The number of carboxylic acids is 1. The van der Waals surface area contributed by atoms with Crippen LogP contribution in [0.1, 0.15) is 48.3 Å². The zero-order chi connectivity index (χ0) is 25.2. The summed E-state index contributed by atoms with van der Waals surface area (Å²) in [5.74, 6) is -0.849. The molecule has 2 aliphatic rings. The number of pyridine rings is 1. The Kier molecular flexibility index (Phi) is 7.42. The smallest absolute Gasteiger partial charge is 0.393 e. The first kappa shape index (κ1) is 25.1. The van der Waals surface area contributed by atoms with Gasteiger partial charge >= 0.3 is 11.9 Å². The summed E-state index contributed by atoms with van der Waals surface area (Å²) in [6.07, 6.45) is 6.56. The van der Waals surface area contributed by atoms with E-state index in [1.165, 1.54) is 17.7 Å². The summed E-state index contributed by atoms with van der Waals surface area (Å²) in [7, 11) is -2.25. The van der Waals surface area contributed by atoms with Crippen molar-refractivity contribution in [3.05, 3.63) is 53.3 Å². The molecule has 1 unspecified atom stereocenters. The lowest BCUT2D eigenvalue weighted by molar-refractivity contribution is -0.137. The van der Waals surface area contributed by atoms with Crippen LogP contribution in [-0.2, 0) is 19.5 Å². The van der Waals surface area contributed by atoms with E-state index in [-0.39, 0.29) is 16.6 Å². The van der Waals surface area contributed by atoms with Crippen LogP contribution in [0.2, 0.25) is 0 Å². The third-order valence-corrected chi connectivity index (χ3v) is 8.80. The highest BCUT2D eigenvalue weighted by molar-refractivity contribution is 7.91. The third kappa shape index (κ3) is 5.65. The number of aryl methyl sites for hydroxylation is 2. The molecule has 2 aromatic rings. The molecule has 0 bridgehead atoms. The number of nitrogens with zero attached hydrogens (tertiary/aromatic N) is 3. The summed E-state index contributed by atoms with van der Waals surface area (Å²) in [6.45, 7) is 3.86. The number of aromatic nitrogens is 1. The maximum atomic E-state index is 13.4. The lowest BCUT2D eigenvalue weighted by Gasteiger charge is -2.32. The van der Waals surface area contributed by atoms with Crippen LogP contribution < -0.4 is 4.74 Å². The van der Waals surface area contributed by atoms with Crippen molar-refractivity contribution in [2.45, 2.75) is 56.5 Å². The molecular formula is C25H31N3O6S. The van der Waals surface area contributed by atoms with E-state index >= 15 is 0 Å². The van der Waals surface area contributed by atoms with Crippen LogP contribution in [-0.4, -0.2) is 61.0 Å². The molecule has 188 valence electrons. The fourth-order valence-electron chi connectivity index (χ4n) is 5.14. The number of hydroxylamine groups is 2. The van der Waals surface area contributed by atoms with Crippen LogP contribution in [0.25, 0.3) is 0 Å². The Morgan fingerprint density at radius 1 is 1.14 bits per heavy atom. The van der Waals surface area contributed by atoms with Crippen molar-refractivity contribution in [3.63, 3.8) is 0 Å². The predicted molar refractivity (Wildman–Crippen MR) is 130 cm³/mol. The van der Waals surface area contributed by atoms with E-state index < -0.39 is 27.9 Å². The third-order valence-electron chi connectivity index (χ3n) is 6.80. The van der Waals surface area contributed by atoms with Gasteiger partial charge in [-0.25, -0.2) is 18.2 Å². The number of aliphatic imine (C=N–C) groups is 1. The topological polar surface area (TPSA) is 118 Å². The first-order chi connectivity index (χ1) is 16.7. The van der Waals surface area contributed by atoms with E-state index in [4.69, 9.17) is 9.57 Å². The number of hydrogen-bond donors (Lipinski definition) is 1. The normalized spacial score (nSPS) is 22.9. The SMILES string of the molecule is COc1cc(C)c(S(=O)(=O)CC2N=C(C(=O)O)ON2CC2CCC(c3ccncc3)CC2)c(C)c1. The summed E-state index contributed by atoms with van der Waals surface area (Å²) in [6, 6.07) is 7.45. The van der Waals surface area contributed by atoms with Gasteiger partial charge in [0, 0.05) is 18.9 Å². The highest BCUT2D eigenvalue weighted by Crippen LogP contribution is 2.37. The van der Waals surface area contributed by atoms with Gasteiger partial charge in [-0.15, -0.1) is 5.06 Å². The second-order valence-electron chi connectivity index (χ2n) is 9.28. The molecular weight excluding hydrogens is 470 g/mol. The molecule has 1 aliphatic carbocycles. The van der Waals surface area contributed by atoms with Gasteiger partial charge in [0.25, 0.3) is 0 Å². The average molecular weight is 502 g/mol. The minimum absolute atomic E-state index is 0.218. The number of hydrogen-bond acceptors (Lipinski definition) is 8. The Labute approximate surface area is 205 Å². The summed E-state index contributed by atoms with van der Waals surface area (Å²) in [4.78, 5) is 25.5. The van der Waals surface area contributed by atoms with Gasteiger partial charge in [0.2, 0.25) is 0 Å². The summed E-state index contributed by atoms with van der Waals surface area (Å²) in [5.41, 5.74) is 2.43. The van der Waals surface area contributed by atoms with E-state index in [9.17, 15) is 18.3 Å². The summed E-state index contributed by atoms with van der Waals surface area (Å²) >= 11 is 0. The van der Waals surface area contributed by atoms with Crippen molar-refractivity contribution in [3.8, 4) is 5.75 Å². The van der Waals surface area contributed by atoms with Crippen molar-refractivity contribution in [1.82, 2.24) is 10.0 Å². The Bertz CT molecular complexity index is 1180. The molecule has 1 saturated carbocycles. The summed E-state index contributed by atoms with van der Waals surface area (Å²) < 4.78 is 32.0.